The number of hydrogen-bond donors (Lipinski definition) is 1. The fraction of sp³-hybridized carbons (Fsp3) is 0.625. The molecule has 118 valence electrons. The number of hydrogen-bond acceptors (Lipinski definition) is 5. The Morgan fingerprint density at radius 3 is 2.76 bits per heavy atom. The molecule has 21 heavy (non-hydrogen) atoms. The molecule has 0 aromatic heterocycles. The summed E-state index contributed by atoms with van der Waals surface area (Å²) in [4.78, 5) is 0. The highest BCUT2D eigenvalue weighted by Gasteiger charge is 2.28. The lowest BCUT2D eigenvalue weighted by molar-refractivity contribution is -0.102. The van der Waals surface area contributed by atoms with Crippen LogP contribution in [0.3, 0.4) is 0 Å². The fourth-order valence-corrected chi connectivity index (χ4v) is 2.52. The average Bonchev–Trinajstić information content (AvgIpc) is 2.56. The topological polar surface area (TPSA) is 49.0 Å². The van der Waals surface area contributed by atoms with Crippen molar-refractivity contribution in [1.29, 1.82) is 0 Å². The molecule has 2 unspecified atom stereocenters. The first-order chi connectivity index (χ1) is 10.3. The highest BCUT2D eigenvalue weighted by Crippen LogP contribution is 2.32. The van der Waals surface area contributed by atoms with Crippen LogP contribution in [0.15, 0.2) is 18.2 Å². The quantitative estimate of drug-likeness (QED) is 0.835. The molecule has 1 saturated heterocycles. The van der Waals surface area contributed by atoms with Gasteiger partial charge in [-0.2, -0.15) is 0 Å². The third-order valence-electron chi connectivity index (χ3n) is 3.60. The van der Waals surface area contributed by atoms with Crippen LogP contribution < -0.4 is 14.8 Å². The minimum absolute atomic E-state index is 0.00686. The maximum absolute atomic E-state index is 5.87. The van der Waals surface area contributed by atoms with Gasteiger partial charge in [0.15, 0.2) is 0 Å². The molecule has 1 heterocycles. The monoisotopic (exact) mass is 295 g/mol. The molecule has 1 aliphatic heterocycles. The Morgan fingerprint density at radius 1 is 1.29 bits per heavy atom. The minimum Gasteiger partial charge on any atom is -0.497 e. The van der Waals surface area contributed by atoms with Crippen molar-refractivity contribution >= 4 is 0 Å². The van der Waals surface area contributed by atoms with Gasteiger partial charge in [0.25, 0.3) is 0 Å². The molecule has 5 nitrogen and oxygen atoms in total. The second-order valence-electron chi connectivity index (χ2n) is 5.02. The fourth-order valence-electron chi connectivity index (χ4n) is 2.52. The smallest absolute Gasteiger partial charge is 0.127 e. The van der Waals surface area contributed by atoms with E-state index >= 15 is 0 Å². The van der Waals surface area contributed by atoms with Gasteiger partial charge in [0.05, 0.1) is 40.1 Å². The Morgan fingerprint density at radius 2 is 2.14 bits per heavy atom. The molecule has 0 bridgehead atoms. The zero-order valence-corrected chi connectivity index (χ0v) is 13.1. The number of ether oxygens (including phenoxy) is 4. The number of rotatable bonds is 7. The van der Waals surface area contributed by atoms with Crippen LogP contribution in [0, 0.1) is 0 Å². The Hall–Kier alpha value is -1.30. The molecule has 0 aliphatic carbocycles. The van der Waals surface area contributed by atoms with Crippen molar-refractivity contribution in [2.24, 2.45) is 0 Å². The van der Waals surface area contributed by atoms with Gasteiger partial charge in [-0.25, -0.2) is 0 Å². The zero-order chi connectivity index (χ0) is 15.1. The molecule has 2 rings (SSSR count). The Kier molecular flexibility index (Phi) is 6.29. The Bertz CT molecular complexity index is 432. The van der Waals surface area contributed by atoms with E-state index in [1.54, 1.807) is 14.2 Å². The van der Waals surface area contributed by atoms with Crippen molar-refractivity contribution in [3.63, 3.8) is 0 Å². The molecule has 0 amide bonds. The van der Waals surface area contributed by atoms with Gasteiger partial charge in [0, 0.05) is 11.6 Å². The molecule has 1 N–H and O–H groups in total. The van der Waals surface area contributed by atoms with Crippen molar-refractivity contribution in [2.75, 3.05) is 40.6 Å². The lowest BCUT2D eigenvalue weighted by Crippen LogP contribution is -2.41. The zero-order valence-electron chi connectivity index (χ0n) is 13.1. The van der Waals surface area contributed by atoms with E-state index in [0.717, 1.165) is 30.0 Å². The summed E-state index contributed by atoms with van der Waals surface area (Å²) in [5.74, 6) is 1.59. The first kappa shape index (κ1) is 16.1. The predicted molar refractivity (Wildman–Crippen MR) is 81.1 cm³/mol. The molecule has 5 heteroatoms. The molecule has 1 aliphatic rings. The largest absolute Gasteiger partial charge is 0.497 e. The summed E-state index contributed by atoms with van der Waals surface area (Å²) < 4.78 is 22.2. The standard InChI is InChI=1S/C16H25NO4/c1-4-7-17-16(15-11-20-8-9-21-15)13-6-5-12(18-2)10-14(13)19-3/h5-6,10,15-17H,4,7-9,11H2,1-3H3. The van der Waals surface area contributed by atoms with E-state index in [1.807, 2.05) is 18.2 Å². The van der Waals surface area contributed by atoms with Crippen molar-refractivity contribution in [3.8, 4) is 11.5 Å². The summed E-state index contributed by atoms with van der Waals surface area (Å²) in [7, 11) is 3.33. The number of nitrogens with one attached hydrogen (secondary N) is 1. The summed E-state index contributed by atoms with van der Waals surface area (Å²) in [6, 6.07) is 5.93. The van der Waals surface area contributed by atoms with Crippen LogP contribution in [-0.2, 0) is 9.47 Å². The number of benzene rings is 1. The van der Waals surface area contributed by atoms with Crippen LogP contribution in [0.5, 0.6) is 11.5 Å². The van der Waals surface area contributed by atoms with Gasteiger partial charge in [0.1, 0.15) is 17.6 Å². The normalized spacial score (nSPS) is 20.0. The van der Waals surface area contributed by atoms with Gasteiger partial charge >= 0.3 is 0 Å². The second kappa shape index (κ2) is 8.22. The van der Waals surface area contributed by atoms with E-state index in [-0.39, 0.29) is 12.1 Å². The van der Waals surface area contributed by atoms with E-state index in [4.69, 9.17) is 18.9 Å². The third kappa shape index (κ3) is 4.09. The number of methoxy groups -OCH3 is 2. The first-order valence-corrected chi connectivity index (χ1v) is 7.44. The summed E-state index contributed by atoms with van der Waals surface area (Å²) in [5.41, 5.74) is 1.07. The van der Waals surface area contributed by atoms with Crippen molar-refractivity contribution in [1.82, 2.24) is 5.32 Å². The van der Waals surface area contributed by atoms with E-state index in [1.165, 1.54) is 0 Å². The lowest BCUT2D eigenvalue weighted by atomic mass is 9.99. The van der Waals surface area contributed by atoms with Crippen LogP contribution >= 0.6 is 0 Å². The van der Waals surface area contributed by atoms with E-state index in [0.29, 0.717) is 19.8 Å². The Labute approximate surface area is 126 Å². The van der Waals surface area contributed by atoms with Crippen LogP contribution in [0.1, 0.15) is 24.9 Å². The van der Waals surface area contributed by atoms with Crippen molar-refractivity contribution in [2.45, 2.75) is 25.5 Å². The van der Waals surface area contributed by atoms with Crippen LogP contribution in [0.2, 0.25) is 0 Å². The van der Waals surface area contributed by atoms with Gasteiger partial charge in [-0.3, -0.25) is 0 Å². The first-order valence-electron chi connectivity index (χ1n) is 7.44. The summed E-state index contributed by atoms with van der Waals surface area (Å²) in [6.45, 7) is 4.95. The van der Waals surface area contributed by atoms with Crippen molar-refractivity contribution in [3.05, 3.63) is 23.8 Å². The van der Waals surface area contributed by atoms with Gasteiger partial charge in [0.2, 0.25) is 0 Å². The van der Waals surface area contributed by atoms with E-state index in [2.05, 4.69) is 12.2 Å². The summed E-state index contributed by atoms with van der Waals surface area (Å²) in [5, 5.41) is 3.54. The Balaban J connectivity index is 2.25. The summed E-state index contributed by atoms with van der Waals surface area (Å²) in [6.07, 6.45) is 1.05. The molecule has 1 aromatic rings. The van der Waals surface area contributed by atoms with Crippen LogP contribution in [0.4, 0.5) is 0 Å². The highest BCUT2D eigenvalue weighted by atomic mass is 16.6. The molecule has 1 aromatic carbocycles. The molecule has 0 spiro atoms. The van der Waals surface area contributed by atoms with Gasteiger partial charge < -0.3 is 24.3 Å². The SMILES string of the molecule is CCCNC(c1ccc(OC)cc1OC)C1COCCO1. The molecule has 2 atom stereocenters. The highest BCUT2D eigenvalue weighted by molar-refractivity contribution is 5.43. The van der Waals surface area contributed by atoms with Crippen LogP contribution in [0.25, 0.3) is 0 Å². The lowest BCUT2D eigenvalue weighted by Gasteiger charge is -2.32. The van der Waals surface area contributed by atoms with Crippen molar-refractivity contribution < 1.29 is 18.9 Å². The van der Waals surface area contributed by atoms with Gasteiger partial charge in [-0.1, -0.05) is 6.92 Å². The van der Waals surface area contributed by atoms with Crippen LogP contribution in [-0.4, -0.2) is 46.7 Å². The second-order valence-corrected chi connectivity index (χ2v) is 5.02. The molecule has 0 saturated carbocycles. The maximum atomic E-state index is 5.87. The molecular weight excluding hydrogens is 270 g/mol. The molecule has 0 radical (unpaired) electrons. The average molecular weight is 295 g/mol. The van der Waals surface area contributed by atoms with Gasteiger partial charge in [-0.05, 0) is 25.1 Å². The maximum Gasteiger partial charge on any atom is 0.127 e. The summed E-state index contributed by atoms with van der Waals surface area (Å²) >= 11 is 0. The molecule has 1 fully saturated rings. The van der Waals surface area contributed by atoms with Gasteiger partial charge in [-0.15, -0.1) is 0 Å². The predicted octanol–water partition coefficient (Wildman–Crippen LogP) is 2.16. The van der Waals surface area contributed by atoms with E-state index in [9.17, 15) is 0 Å². The third-order valence-corrected chi connectivity index (χ3v) is 3.60. The minimum atomic E-state index is -0.00686. The van der Waals surface area contributed by atoms with E-state index < -0.39 is 0 Å². The molecular formula is C16H25NO4.